The molecule has 0 unspecified atom stereocenters. The largest absolute Gasteiger partial charge is 0.497 e. The number of thioether (sulfide) groups is 1. The van der Waals surface area contributed by atoms with Crippen molar-refractivity contribution in [2.24, 2.45) is 0 Å². The van der Waals surface area contributed by atoms with Crippen LogP contribution < -0.4 is 4.74 Å². The first-order valence-electron chi connectivity index (χ1n) is 8.57. The first-order valence-corrected chi connectivity index (χ1v) is 9.56. The zero-order valence-electron chi connectivity index (χ0n) is 15.5. The molecule has 0 bridgehead atoms. The molecule has 1 heterocycles. The number of methoxy groups -OCH3 is 1. The molecule has 0 spiro atoms. The third-order valence-electron chi connectivity index (χ3n) is 3.87. The smallest absolute Gasteiger partial charge is 0.316 e. The van der Waals surface area contributed by atoms with Gasteiger partial charge in [0.15, 0.2) is 11.0 Å². The van der Waals surface area contributed by atoms with Crippen molar-refractivity contribution in [2.45, 2.75) is 19.0 Å². The van der Waals surface area contributed by atoms with Crippen LogP contribution in [0.25, 0.3) is 17.1 Å². The van der Waals surface area contributed by atoms with E-state index in [-0.39, 0.29) is 11.7 Å². The normalized spacial score (nSPS) is 10.6. The predicted molar refractivity (Wildman–Crippen MR) is 105 cm³/mol. The molecule has 1 aromatic heterocycles. The van der Waals surface area contributed by atoms with Gasteiger partial charge in [-0.05, 0) is 55.8 Å². The van der Waals surface area contributed by atoms with Gasteiger partial charge in [0, 0.05) is 11.3 Å². The van der Waals surface area contributed by atoms with E-state index in [2.05, 4.69) is 16.3 Å². The molecule has 0 amide bonds. The van der Waals surface area contributed by atoms with Gasteiger partial charge in [0.2, 0.25) is 0 Å². The summed E-state index contributed by atoms with van der Waals surface area (Å²) in [6.45, 7) is 4.19. The fraction of sp³-hybridized carbons (Fsp3) is 0.250. The van der Waals surface area contributed by atoms with Crippen LogP contribution in [0.4, 0.5) is 0 Å². The summed E-state index contributed by atoms with van der Waals surface area (Å²) in [6.07, 6.45) is 0. The number of carbonyl (C=O) groups excluding carboxylic acids is 1. The van der Waals surface area contributed by atoms with Crippen LogP contribution in [-0.4, -0.2) is 40.2 Å². The van der Waals surface area contributed by atoms with Crippen LogP contribution in [0.1, 0.15) is 12.5 Å². The van der Waals surface area contributed by atoms with E-state index in [1.165, 1.54) is 11.8 Å². The molecule has 140 valence electrons. The molecular formula is C20H21N3O3S. The van der Waals surface area contributed by atoms with Crippen LogP contribution in [0.2, 0.25) is 0 Å². The number of rotatable bonds is 7. The first-order chi connectivity index (χ1) is 13.1. The monoisotopic (exact) mass is 383 g/mol. The second-order valence-corrected chi connectivity index (χ2v) is 6.75. The highest BCUT2D eigenvalue weighted by Crippen LogP contribution is 2.29. The molecule has 3 rings (SSSR count). The Morgan fingerprint density at radius 2 is 1.93 bits per heavy atom. The maximum absolute atomic E-state index is 11.8. The predicted octanol–water partition coefficient (Wildman–Crippen LogP) is 3.91. The van der Waals surface area contributed by atoms with Gasteiger partial charge < -0.3 is 9.47 Å². The standard InChI is InChI=1S/C20H21N3O3S/c1-4-26-18(24)13-27-20-22-21-19(15-8-10-17(25-3)11-9-15)23(20)16-7-5-6-14(2)12-16/h5-12H,4,13H2,1-3H3. The van der Waals surface area contributed by atoms with E-state index in [9.17, 15) is 4.79 Å². The molecule has 0 atom stereocenters. The van der Waals surface area contributed by atoms with Crippen LogP contribution in [-0.2, 0) is 9.53 Å². The second kappa shape index (κ2) is 8.73. The molecule has 0 aliphatic heterocycles. The summed E-state index contributed by atoms with van der Waals surface area (Å²) in [4.78, 5) is 11.8. The van der Waals surface area contributed by atoms with Crippen LogP contribution >= 0.6 is 11.8 Å². The second-order valence-electron chi connectivity index (χ2n) is 5.80. The molecule has 2 aromatic carbocycles. The fourth-order valence-corrected chi connectivity index (χ4v) is 3.37. The van der Waals surface area contributed by atoms with Gasteiger partial charge in [-0.15, -0.1) is 10.2 Å². The Morgan fingerprint density at radius 3 is 2.59 bits per heavy atom. The fourth-order valence-electron chi connectivity index (χ4n) is 2.62. The first kappa shape index (κ1) is 19.0. The summed E-state index contributed by atoms with van der Waals surface area (Å²) >= 11 is 1.31. The van der Waals surface area contributed by atoms with Crippen molar-refractivity contribution >= 4 is 17.7 Å². The number of hydrogen-bond acceptors (Lipinski definition) is 6. The van der Waals surface area contributed by atoms with Gasteiger partial charge in [-0.1, -0.05) is 23.9 Å². The number of aryl methyl sites for hydroxylation is 1. The summed E-state index contributed by atoms with van der Waals surface area (Å²) in [5.41, 5.74) is 2.98. The molecule has 7 heteroatoms. The molecule has 0 aliphatic carbocycles. The minimum Gasteiger partial charge on any atom is -0.497 e. The Morgan fingerprint density at radius 1 is 1.15 bits per heavy atom. The molecule has 3 aromatic rings. The molecule has 0 radical (unpaired) electrons. The average Bonchev–Trinajstić information content (AvgIpc) is 3.10. The molecule has 0 saturated heterocycles. The van der Waals surface area contributed by atoms with Crippen LogP contribution in [0, 0.1) is 6.92 Å². The minimum absolute atomic E-state index is 0.181. The van der Waals surface area contributed by atoms with Crippen molar-refractivity contribution < 1.29 is 14.3 Å². The van der Waals surface area contributed by atoms with Crippen molar-refractivity contribution in [3.8, 4) is 22.8 Å². The Balaban J connectivity index is 2.01. The number of esters is 1. The lowest BCUT2D eigenvalue weighted by atomic mass is 10.2. The molecule has 0 aliphatic rings. The van der Waals surface area contributed by atoms with E-state index < -0.39 is 0 Å². The van der Waals surface area contributed by atoms with Gasteiger partial charge in [0.05, 0.1) is 19.5 Å². The quantitative estimate of drug-likeness (QED) is 0.455. The summed E-state index contributed by atoms with van der Waals surface area (Å²) in [5.74, 6) is 1.39. The highest BCUT2D eigenvalue weighted by molar-refractivity contribution is 7.99. The van der Waals surface area contributed by atoms with E-state index in [1.54, 1.807) is 14.0 Å². The highest BCUT2D eigenvalue weighted by Gasteiger charge is 2.17. The average molecular weight is 383 g/mol. The maximum atomic E-state index is 11.8. The lowest BCUT2D eigenvalue weighted by Crippen LogP contribution is -2.08. The SMILES string of the molecule is CCOC(=O)CSc1nnc(-c2ccc(OC)cc2)n1-c1cccc(C)c1. The number of ether oxygens (including phenoxy) is 2. The summed E-state index contributed by atoms with van der Waals surface area (Å²) in [7, 11) is 1.63. The van der Waals surface area contributed by atoms with Gasteiger partial charge in [-0.3, -0.25) is 9.36 Å². The van der Waals surface area contributed by atoms with E-state index >= 15 is 0 Å². The van der Waals surface area contributed by atoms with Gasteiger partial charge in [-0.2, -0.15) is 0 Å². The zero-order valence-corrected chi connectivity index (χ0v) is 16.3. The molecule has 0 saturated carbocycles. The molecular weight excluding hydrogens is 362 g/mol. The van der Waals surface area contributed by atoms with Gasteiger partial charge in [-0.25, -0.2) is 0 Å². The van der Waals surface area contributed by atoms with Crippen LogP contribution in [0.5, 0.6) is 5.75 Å². The lowest BCUT2D eigenvalue weighted by Gasteiger charge is -2.11. The highest BCUT2D eigenvalue weighted by atomic mass is 32.2. The van der Waals surface area contributed by atoms with E-state index in [4.69, 9.17) is 9.47 Å². The zero-order chi connectivity index (χ0) is 19.2. The molecule has 6 nitrogen and oxygen atoms in total. The van der Waals surface area contributed by atoms with Gasteiger partial charge >= 0.3 is 5.97 Å². The molecule has 0 fully saturated rings. The minimum atomic E-state index is -0.271. The van der Waals surface area contributed by atoms with E-state index in [0.29, 0.717) is 17.6 Å². The Hall–Kier alpha value is -2.80. The number of hydrogen-bond donors (Lipinski definition) is 0. The van der Waals surface area contributed by atoms with E-state index in [1.807, 2.05) is 54.0 Å². The van der Waals surface area contributed by atoms with Crippen LogP contribution in [0.15, 0.2) is 53.7 Å². The van der Waals surface area contributed by atoms with Crippen molar-refractivity contribution in [2.75, 3.05) is 19.5 Å². The van der Waals surface area contributed by atoms with Crippen molar-refractivity contribution in [1.82, 2.24) is 14.8 Å². The molecule has 0 N–H and O–H groups in total. The Labute approximate surface area is 162 Å². The van der Waals surface area contributed by atoms with Crippen molar-refractivity contribution in [1.29, 1.82) is 0 Å². The summed E-state index contributed by atoms with van der Waals surface area (Å²) in [6, 6.07) is 15.7. The number of benzene rings is 2. The molecule has 27 heavy (non-hydrogen) atoms. The number of aromatic nitrogens is 3. The van der Waals surface area contributed by atoms with Crippen molar-refractivity contribution in [3.63, 3.8) is 0 Å². The number of carbonyl (C=O) groups is 1. The third kappa shape index (κ3) is 4.49. The number of nitrogens with zero attached hydrogens (tertiary/aromatic N) is 3. The topological polar surface area (TPSA) is 66.2 Å². The summed E-state index contributed by atoms with van der Waals surface area (Å²) in [5, 5.41) is 9.32. The van der Waals surface area contributed by atoms with Crippen LogP contribution in [0.3, 0.4) is 0 Å². The lowest BCUT2D eigenvalue weighted by molar-refractivity contribution is -0.139. The maximum Gasteiger partial charge on any atom is 0.316 e. The van der Waals surface area contributed by atoms with E-state index in [0.717, 1.165) is 22.6 Å². The third-order valence-corrected chi connectivity index (χ3v) is 4.77. The summed E-state index contributed by atoms with van der Waals surface area (Å²) < 4.78 is 12.2. The van der Waals surface area contributed by atoms with Crippen molar-refractivity contribution in [3.05, 3.63) is 54.1 Å². The Kier molecular flexibility index (Phi) is 6.13. The Bertz CT molecular complexity index is 922. The van der Waals surface area contributed by atoms with Gasteiger partial charge in [0.25, 0.3) is 0 Å². The van der Waals surface area contributed by atoms with Gasteiger partial charge in [0.1, 0.15) is 5.75 Å².